The Morgan fingerprint density at radius 1 is 1.41 bits per heavy atom. The summed E-state index contributed by atoms with van der Waals surface area (Å²) in [7, 11) is 0. The lowest BCUT2D eigenvalue weighted by atomic mass is 9.87. The van der Waals surface area contributed by atoms with Crippen molar-refractivity contribution in [2.75, 3.05) is 0 Å². The molecule has 2 aromatic heterocycles. The van der Waals surface area contributed by atoms with Crippen molar-refractivity contribution in [3.63, 3.8) is 0 Å². The maximum Gasteiger partial charge on any atom is 0.177 e. The normalized spacial score (nSPS) is 14.1. The van der Waals surface area contributed by atoms with E-state index in [9.17, 15) is 0 Å². The predicted molar refractivity (Wildman–Crippen MR) is 69.6 cm³/mol. The molecule has 0 aromatic carbocycles. The summed E-state index contributed by atoms with van der Waals surface area (Å²) < 4.78 is 0. The first-order valence-electron chi connectivity index (χ1n) is 5.99. The maximum atomic E-state index is 6.13. The minimum absolute atomic E-state index is 0.135. The van der Waals surface area contributed by atoms with Crippen LogP contribution in [0, 0.1) is 5.41 Å². The molecule has 2 aromatic rings. The third-order valence-corrected chi connectivity index (χ3v) is 2.64. The van der Waals surface area contributed by atoms with Crippen LogP contribution in [0.5, 0.6) is 0 Å². The summed E-state index contributed by atoms with van der Waals surface area (Å²) in [5.41, 5.74) is 8.13. The fourth-order valence-corrected chi connectivity index (χ4v) is 2.10. The molecule has 0 bridgehead atoms. The van der Waals surface area contributed by atoms with Gasteiger partial charge in [0.25, 0.3) is 0 Å². The summed E-state index contributed by atoms with van der Waals surface area (Å²) in [4.78, 5) is 11.9. The van der Waals surface area contributed by atoms with Gasteiger partial charge in [-0.3, -0.25) is 0 Å². The van der Waals surface area contributed by atoms with Crippen LogP contribution in [-0.4, -0.2) is 21.0 Å². The number of hydrogen-bond acceptors (Lipinski definition) is 3. The summed E-state index contributed by atoms with van der Waals surface area (Å²) >= 11 is 0. The van der Waals surface area contributed by atoms with Crippen LogP contribution in [0.4, 0.5) is 0 Å². The van der Waals surface area contributed by atoms with Crippen LogP contribution < -0.4 is 5.73 Å². The van der Waals surface area contributed by atoms with Gasteiger partial charge in [0, 0.05) is 18.7 Å². The van der Waals surface area contributed by atoms with E-state index < -0.39 is 0 Å². The van der Waals surface area contributed by atoms with Crippen molar-refractivity contribution < 1.29 is 0 Å². The van der Waals surface area contributed by atoms with E-state index in [-0.39, 0.29) is 11.5 Å². The second-order valence-corrected chi connectivity index (χ2v) is 5.79. The minimum atomic E-state index is 0.135. The van der Waals surface area contributed by atoms with Crippen LogP contribution in [0.3, 0.4) is 0 Å². The molecule has 0 spiro atoms. The number of nitrogens with two attached hydrogens (primary N) is 1. The smallest absolute Gasteiger partial charge is 0.177 e. The SMILES string of the molecule is CC(C)(C)CC(N)Cc1nc2ncccc2[nH]1. The van der Waals surface area contributed by atoms with E-state index in [4.69, 9.17) is 5.73 Å². The highest BCUT2D eigenvalue weighted by Crippen LogP contribution is 2.21. The molecule has 17 heavy (non-hydrogen) atoms. The number of pyridine rings is 1. The lowest BCUT2D eigenvalue weighted by Gasteiger charge is -2.22. The quantitative estimate of drug-likeness (QED) is 0.853. The first kappa shape index (κ1) is 12.0. The maximum absolute atomic E-state index is 6.13. The highest BCUT2D eigenvalue weighted by Gasteiger charge is 2.17. The van der Waals surface area contributed by atoms with Crippen molar-refractivity contribution >= 4 is 11.2 Å². The molecule has 1 unspecified atom stereocenters. The minimum Gasteiger partial charge on any atom is -0.341 e. The number of imidazole rings is 1. The molecule has 92 valence electrons. The summed E-state index contributed by atoms with van der Waals surface area (Å²) in [6.07, 6.45) is 3.51. The van der Waals surface area contributed by atoms with Crippen molar-refractivity contribution in [2.24, 2.45) is 11.1 Å². The zero-order valence-corrected chi connectivity index (χ0v) is 10.7. The van der Waals surface area contributed by atoms with Crippen LogP contribution in [0.25, 0.3) is 11.2 Å². The van der Waals surface area contributed by atoms with Gasteiger partial charge in [-0.25, -0.2) is 9.97 Å². The molecule has 4 nitrogen and oxygen atoms in total. The van der Waals surface area contributed by atoms with Crippen LogP contribution in [0.15, 0.2) is 18.3 Å². The molecule has 0 fully saturated rings. The molecule has 4 heteroatoms. The molecule has 0 aliphatic carbocycles. The van der Waals surface area contributed by atoms with E-state index in [1.54, 1.807) is 6.20 Å². The van der Waals surface area contributed by atoms with Gasteiger partial charge in [-0.15, -0.1) is 0 Å². The number of aromatic amines is 1. The van der Waals surface area contributed by atoms with Gasteiger partial charge in [-0.2, -0.15) is 0 Å². The molecular weight excluding hydrogens is 212 g/mol. The molecule has 0 radical (unpaired) electrons. The van der Waals surface area contributed by atoms with Crippen molar-refractivity contribution in [1.82, 2.24) is 15.0 Å². The average molecular weight is 232 g/mol. The number of rotatable bonds is 3. The number of hydrogen-bond donors (Lipinski definition) is 2. The van der Waals surface area contributed by atoms with Gasteiger partial charge in [0.15, 0.2) is 5.65 Å². The van der Waals surface area contributed by atoms with E-state index in [0.29, 0.717) is 0 Å². The number of H-pyrrole nitrogens is 1. The Labute approximate surface area is 102 Å². The first-order valence-corrected chi connectivity index (χ1v) is 5.99. The van der Waals surface area contributed by atoms with E-state index in [0.717, 1.165) is 29.8 Å². The van der Waals surface area contributed by atoms with Gasteiger partial charge in [0.05, 0.1) is 5.52 Å². The molecule has 0 aliphatic rings. The Morgan fingerprint density at radius 2 is 2.18 bits per heavy atom. The van der Waals surface area contributed by atoms with E-state index in [1.165, 1.54) is 0 Å². The lowest BCUT2D eigenvalue weighted by Crippen LogP contribution is -2.28. The van der Waals surface area contributed by atoms with Crippen molar-refractivity contribution in [3.05, 3.63) is 24.2 Å². The Hall–Kier alpha value is -1.42. The second-order valence-electron chi connectivity index (χ2n) is 5.79. The van der Waals surface area contributed by atoms with Gasteiger partial charge >= 0.3 is 0 Å². The fraction of sp³-hybridized carbons (Fsp3) is 0.538. The van der Waals surface area contributed by atoms with Crippen LogP contribution in [0.1, 0.15) is 33.0 Å². The molecule has 2 rings (SSSR count). The molecule has 0 saturated heterocycles. The van der Waals surface area contributed by atoms with Crippen LogP contribution >= 0.6 is 0 Å². The Kier molecular flexibility index (Phi) is 3.15. The highest BCUT2D eigenvalue weighted by molar-refractivity contribution is 5.69. The van der Waals surface area contributed by atoms with E-state index in [2.05, 4.69) is 35.7 Å². The van der Waals surface area contributed by atoms with Crippen LogP contribution in [0.2, 0.25) is 0 Å². The van der Waals surface area contributed by atoms with Crippen LogP contribution in [-0.2, 0) is 6.42 Å². The Morgan fingerprint density at radius 3 is 2.82 bits per heavy atom. The van der Waals surface area contributed by atoms with Gasteiger partial charge in [-0.1, -0.05) is 20.8 Å². The van der Waals surface area contributed by atoms with E-state index >= 15 is 0 Å². The summed E-state index contributed by atoms with van der Waals surface area (Å²) in [6.45, 7) is 6.60. The Bertz CT molecular complexity index is 462. The van der Waals surface area contributed by atoms with Crippen molar-refractivity contribution in [3.8, 4) is 0 Å². The third-order valence-electron chi connectivity index (χ3n) is 2.64. The molecular formula is C13H20N4. The summed E-state index contributed by atoms with van der Waals surface area (Å²) in [5, 5.41) is 0. The zero-order chi connectivity index (χ0) is 12.5. The number of nitrogens with one attached hydrogen (secondary N) is 1. The van der Waals surface area contributed by atoms with Crippen molar-refractivity contribution in [2.45, 2.75) is 39.7 Å². The molecule has 0 aliphatic heterocycles. The van der Waals surface area contributed by atoms with Gasteiger partial charge < -0.3 is 10.7 Å². The Balaban J connectivity index is 2.08. The standard InChI is InChI=1S/C13H20N4/c1-13(2,3)8-9(14)7-11-16-10-5-4-6-15-12(10)17-11/h4-6,9H,7-8,14H2,1-3H3,(H,15,16,17). The zero-order valence-electron chi connectivity index (χ0n) is 10.7. The predicted octanol–water partition coefficient (Wildman–Crippen LogP) is 2.26. The third kappa shape index (κ3) is 3.27. The lowest BCUT2D eigenvalue weighted by molar-refractivity contribution is 0.337. The van der Waals surface area contributed by atoms with E-state index in [1.807, 2.05) is 12.1 Å². The molecule has 1 atom stereocenters. The van der Waals surface area contributed by atoms with Gasteiger partial charge in [-0.05, 0) is 24.0 Å². The highest BCUT2D eigenvalue weighted by atomic mass is 15.0. The first-order chi connectivity index (χ1) is 7.94. The molecule has 0 saturated carbocycles. The largest absolute Gasteiger partial charge is 0.341 e. The summed E-state index contributed by atoms with van der Waals surface area (Å²) in [5.74, 6) is 0.926. The number of aromatic nitrogens is 3. The number of fused-ring (bicyclic) bond motifs is 1. The average Bonchev–Trinajstić information content (AvgIpc) is 2.55. The fourth-order valence-electron chi connectivity index (χ4n) is 2.10. The molecule has 0 amide bonds. The molecule has 2 heterocycles. The number of nitrogens with zero attached hydrogens (tertiary/aromatic N) is 2. The molecule has 3 N–H and O–H groups in total. The van der Waals surface area contributed by atoms with Gasteiger partial charge in [0.2, 0.25) is 0 Å². The summed E-state index contributed by atoms with van der Waals surface area (Å²) in [6, 6.07) is 4.02. The van der Waals surface area contributed by atoms with Crippen molar-refractivity contribution in [1.29, 1.82) is 0 Å². The monoisotopic (exact) mass is 232 g/mol. The second kappa shape index (κ2) is 4.45. The van der Waals surface area contributed by atoms with Gasteiger partial charge in [0.1, 0.15) is 5.82 Å². The topological polar surface area (TPSA) is 67.6 Å².